The van der Waals surface area contributed by atoms with E-state index in [2.05, 4.69) is 29.5 Å². The summed E-state index contributed by atoms with van der Waals surface area (Å²) < 4.78 is 0. The van der Waals surface area contributed by atoms with E-state index in [1.165, 1.54) is 17.7 Å². The van der Waals surface area contributed by atoms with Crippen LogP contribution >= 0.6 is 22.7 Å². The fraction of sp³-hybridized carbons (Fsp3) is 0.538. The minimum atomic E-state index is 0.189. The number of nitrogens with one attached hydrogen (secondary N) is 1. The van der Waals surface area contributed by atoms with E-state index in [0.29, 0.717) is 6.04 Å². The van der Waals surface area contributed by atoms with Crippen LogP contribution in [0.25, 0.3) is 0 Å². The van der Waals surface area contributed by atoms with E-state index >= 15 is 0 Å². The standard InChI is InChI=1S/C13H17N3S2/c1-7-6-17-12(14-7)11(16-10-4-5-10)13-15-8(2)9(3)18-13/h6,10-11,16H,4-5H2,1-3H3. The lowest BCUT2D eigenvalue weighted by atomic mass is 10.3. The lowest BCUT2D eigenvalue weighted by Crippen LogP contribution is -2.24. The van der Waals surface area contributed by atoms with Gasteiger partial charge in [-0.1, -0.05) is 0 Å². The molecule has 3 rings (SSSR count). The predicted molar refractivity (Wildman–Crippen MR) is 76.4 cm³/mol. The number of hydrogen-bond acceptors (Lipinski definition) is 5. The van der Waals surface area contributed by atoms with E-state index in [4.69, 9.17) is 4.98 Å². The molecular formula is C13H17N3S2. The summed E-state index contributed by atoms with van der Waals surface area (Å²) in [5.74, 6) is 0. The average Bonchev–Trinajstić information content (AvgIpc) is 2.96. The van der Waals surface area contributed by atoms with Crippen molar-refractivity contribution in [2.24, 2.45) is 0 Å². The molecule has 2 heterocycles. The van der Waals surface area contributed by atoms with Gasteiger partial charge >= 0.3 is 0 Å². The number of hydrogen-bond donors (Lipinski definition) is 1. The van der Waals surface area contributed by atoms with Crippen molar-refractivity contribution in [3.63, 3.8) is 0 Å². The summed E-state index contributed by atoms with van der Waals surface area (Å²) in [5, 5.41) is 8.09. The first-order chi connectivity index (χ1) is 8.63. The molecule has 0 saturated heterocycles. The predicted octanol–water partition coefficient (Wildman–Crippen LogP) is 3.37. The molecule has 2 aromatic rings. The van der Waals surface area contributed by atoms with Crippen molar-refractivity contribution in [1.82, 2.24) is 15.3 Å². The molecule has 96 valence electrons. The Morgan fingerprint density at radius 1 is 1.22 bits per heavy atom. The molecule has 0 amide bonds. The van der Waals surface area contributed by atoms with E-state index in [0.717, 1.165) is 21.4 Å². The van der Waals surface area contributed by atoms with Crippen molar-refractivity contribution in [2.45, 2.75) is 45.7 Å². The molecular weight excluding hydrogens is 262 g/mol. The molecule has 2 aromatic heterocycles. The zero-order valence-electron chi connectivity index (χ0n) is 10.9. The summed E-state index contributed by atoms with van der Waals surface area (Å²) in [6.45, 7) is 6.26. The molecule has 1 saturated carbocycles. The van der Waals surface area contributed by atoms with Crippen molar-refractivity contribution in [2.75, 3.05) is 0 Å². The van der Waals surface area contributed by atoms with Gasteiger partial charge in [-0.15, -0.1) is 22.7 Å². The zero-order valence-corrected chi connectivity index (χ0v) is 12.5. The molecule has 1 aliphatic carbocycles. The number of rotatable bonds is 4. The van der Waals surface area contributed by atoms with Gasteiger partial charge in [-0.25, -0.2) is 9.97 Å². The third-order valence-electron chi connectivity index (χ3n) is 3.16. The summed E-state index contributed by atoms with van der Waals surface area (Å²) in [6.07, 6.45) is 2.56. The third-order valence-corrected chi connectivity index (χ3v) is 5.32. The van der Waals surface area contributed by atoms with Crippen LogP contribution in [0.1, 0.15) is 45.2 Å². The molecule has 1 N–H and O–H groups in total. The molecule has 3 nitrogen and oxygen atoms in total. The topological polar surface area (TPSA) is 37.8 Å². The van der Waals surface area contributed by atoms with Gasteiger partial charge in [-0.2, -0.15) is 0 Å². The smallest absolute Gasteiger partial charge is 0.117 e. The van der Waals surface area contributed by atoms with Crippen LogP contribution in [-0.4, -0.2) is 16.0 Å². The second-order valence-electron chi connectivity index (χ2n) is 4.89. The Morgan fingerprint density at radius 2 is 2.00 bits per heavy atom. The molecule has 0 spiro atoms. The van der Waals surface area contributed by atoms with Crippen LogP contribution in [0, 0.1) is 20.8 Å². The Labute approximate surface area is 115 Å². The largest absolute Gasteiger partial charge is 0.299 e. The van der Waals surface area contributed by atoms with E-state index in [1.807, 2.05) is 6.92 Å². The molecule has 1 atom stereocenters. The molecule has 1 unspecified atom stereocenters. The van der Waals surface area contributed by atoms with E-state index in [-0.39, 0.29) is 6.04 Å². The van der Waals surface area contributed by atoms with Gasteiger partial charge in [0.25, 0.3) is 0 Å². The minimum absolute atomic E-state index is 0.189. The van der Waals surface area contributed by atoms with Crippen LogP contribution in [0.15, 0.2) is 5.38 Å². The fourth-order valence-electron chi connectivity index (χ4n) is 1.86. The van der Waals surface area contributed by atoms with Crippen LogP contribution in [-0.2, 0) is 0 Å². The highest BCUT2D eigenvalue weighted by Crippen LogP contribution is 2.33. The maximum atomic E-state index is 4.70. The van der Waals surface area contributed by atoms with E-state index in [1.54, 1.807) is 22.7 Å². The number of aryl methyl sites for hydroxylation is 3. The monoisotopic (exact) mass is 279 g/mol. The molecule has 0 aromatic carbocycles. The molecule has 0 aliphatic heterocycles. The van der Waals surface area contributed by atoms with Crippen molar-refractivity contribution in [3.05, 3.63) is 31.7 Å². The Morgan fingerprint density at radius 3 is 2.50 bits per heavy atom. The number of aromatic nitrogens is 2. The molecule has 1 aliphatic rings. The quantitative estimate of drug-likeness (QED) is 0.932. The van der Waals surface area contributed by atoms with Gasteiger partial charge < -0.3 is 0 Å². The number of nitrogens with zero attached hydrogens (tertiary/aromatic N) is 2. The summed E-state index contributed by atoms with van der Waals surface area (Å²) in [6, 6.07) is 0.845. The Kier molecular flexibility index (Phi) is 3.21. The van der Waals surface area contributed by atoms with Gasteiger partial charge in [-0.05, 0) is 33.6 Å². The lowest BCUT2D eigenvalue weighted by Gasteiger charge is -2.13. The molecule has 5 heteroatoms. The van der Waals surface area contributed by atoms with Crippen molar-refractivity contribution in [3.8, 4) is 0 Å². The van der Waals surface area contributed by atoms with Crippen molar-refractivity contribution in [1.29, 1.82) is 0 Å². The summed E-state index contributed by atoms with van der Waals surface area (Å²) in [5.41, 5.74) is 2.24. The maximum Gasteiger partial charge on any atom is 0.117 e. The highest BCUT2D eigenvalue weighted by molar-refractivity contribution is 7.12. The van der Waals surface area contributed by atoms with Gasteiger partial charge in [0.15, 0.2) is 0 Å². The molecule has 18 heavy (non-hydrogen) atoms. The van der Waals surface area contributed by atoms with Crippen LogP contribution in [0.3, 0.4) is 0 Å². The highest BCUT2D eigenvalue weighted by atomic mass is 32.1. The van der Waals surface area contributed by atoms with Gasteiger partial charge in [0.2, 0.25) is 0 Å². The van der Waals surface area contributed by atoms with Crippen LogP contribution in [0.5, 0.6) is 0 Å². The Bertz CT molecular complexity index is 535. The van der Waals surface area contributed by atoms with Crippen LogP contribution in [0.2, 0.25) is 0 Å². The first-order valence-electron chi connectivity index (χ1n) is 6.25. The fourth-order valence-corrected chi connectivity index (χ4v) is 3.78. The van der Waals surface area contributed by atoms with Crippen molar-refractivity contribution < 1.29 is 0 Å². The average molecular weight is 279 g/mol. The normalized spacial score (nSPS) is 17.1. The first-order valence-corrected chi connectivity index (χ1v) is 7.95. The molecule has 0 bridgehead atoms. The van der Waals surface area contributed by atoms with Gasteiger partial charge in [0, 0.05) is 22.0 Å². The second kappa shape index (κ2) is 4.72. The van der Waals surface area contributed by atoms with Gasteiger partial charge in [0.1, 0.15) is 16.1 Å². The van der Waals surface area contributed by atoms with Gasteiger partial charge in [0.05, 0.1) is 5.69 Å². The minimum Gasteiger partial charge on any atom is -0.299 e. The Balaban J connectivity index is 1.93. The highest BCUT2D eigenvalue weighted by Gasteiger charge is 2.29. The summed E-state index contributed by atoms with van der Waals surface area (Å²) in [7, 11) is 0. The SMILES string of the molecule is Cc1csc(C(NC2CC2)c2nc(C)c(C)s2)n1. The number of thiazole rings is 2. The summed E-state index contributed by atoms with van der Waals surface area (Å²) >= 11 is 3.52. The van der Waals surface area contributed by atoms with E-state index < -0.39 is 0 Å². The Hall–Kier alpha value is -0.780. The third kappa shape index (κ3) is 2.48. The van der Waals surface area contributed by atoms with Crippen LogP contribution < -0.4 is 5.32 Å². The van der Waals surface area contributed by atoms with E-state index in [9.17, 15) is 0 Å². The molecule has 1 fully saturated rings. The maximum absolute atomic E-state index is 4.70. The molecule has 0 radical (unpaired) electrons. The van der Waals surface area contributed by atoms with Gasteiger partial charge in [-0.3, -0.25) is 5.32 Å². The lowest BCUT2D eigenvalue weighted by molar-refractivity contribution is 0.593. The first kappa shape index (κ1) is 12.3. The second-order valence-corrected chi connectivity index (χ2v) is 7.02. The zero-order chi connectivity index (χ0) is 12.7. The summed E-state index contributed by atoms with van der Waals surface area (Å²) in [4.78, 5) is 10.6. The van der Waals surface area contributed by atoms with Crippen molar-refractivity contribution >= 4 is 22.7 Å². The van der Waals surface area contributed by atoms with Crippen LogP contribution in [0.4, 0.5) is 0 Å².